The van der Waals surface area contributed by atoms with Crippen molar-refractivity contribution >= 4 is 0 Å². The Morgan fingerprint density at radius 1 is 0.565 bits per heavy atom. The summed E-state index contributed by atoms with van der Waals surface area (Å²) >= 11 is 0. The monoisotopic (exact) mass is 318 g/mol. The first kappa shape index (κ1) is 22.2. The lowest BCUT2D eigenvalue weighted by Crippen LogP contribution is -1.82. The zero-order valence-corrected chi connectivity index (χ0v) is 16.7. The summed E-state index contributed by atoms with van der Waals surface area (Å²) in [6.45, 7) is 11.2. The first-order chi connectivity index (χ1) is 11.1. The van der Waals surface area contributed by atoms with E-state index in [0.717, 1.165) is 0 Å². The first-order valence-corrected chi connectivity index (χ1v) is 10.0. The Hall–Kier alpha value is -0.780. The fourth-order valence-electron chi connectivity index (χ4n) is 2.79. The number of hydrogen-bond acceptors (Lipinski definition) is 0. The maximum Gasteiger partial charge on any atom is -0.0288 e. The Morgan fingerprint density at radius 3 is 1.61 bits per heavy atom. The molecule has 0 aliphatic heterocycles. The van der Waals surface area contributed by atoms with Crippen molar-refractivity contribution in [2.24, 2.45) is 0 Å². The molecule has 0 atom stereocenters. The zero-order chi connectivity index (χ0) is 17.3. The third-order valence-electron chi connectivity index (χ3n) is 4.42. The van der Waals surface area contributed by atoms with Crippen molar-refractivity contribution in [2.75, 3.05) is 0 Å². The second-order valence-corrected chi connectivity index (χ2v) is 7.37. The maximum atomic E-state index is 2.47. The lowest BCUT2D eigenvalue weighted by Gasteiger charge is -2.02. The minimum atomic E-state index is 1.19. The first-order valence-electron chi connectivity index (χ1n) is 10.0. The molecule has 0 aromatic carbocycles. The van der Waals surface area contributed by atoms with Crippen molar-refractivity contribution in [3.05, 3.63) is 34.9 Å². The van der Waals surface area contributed by atoms with E-state index >= 15 is 0 Å². The molecule has 0 amide bonds. The maximum absolute atomic E-state index is 2.47. The van der Waals surface area contributed by atoms with E-state index in [1.807, 2.05) is 0 Å². The molecule has 0 rings (SSSR count). The average Bonchev–Trinajstić information content (AvgIpc) is 2.49. The second-order valence-electron chi connectivity index (χ2n) is 7.37. The van der Waals surface area contributed by atoms with E-state index in [1.54, 1.807) is 11.1 Å². The molecule has 0 heteroatoms. The summed E-state index contributed by atoms with van der Waals surface area (Å²) in [6, 6.07) is 0. The summed E-state index contributed by atoms with van der Waals surface area (Å²) in [6.07, 6.45) is 23.2. The summed E-state index contributed by atoms with van der Waals surface area (Å²) < 4.78 is 0. The highest BCUT2D eigenvalue weighted by Crippen LogP contribution is 2.13. The summed E-state index contributed by atoms with van der Waals surface area (Å²) in [4.78, 5) is 0. The van der Waals surface area contributed by atoms with Crippen LogP contribution in [0.4, 0.5) is 0 Å². The summed E-state index contributed by atoms with van der Waals surface area (Å²) in [7, 11) is 0. The number of allylic oxidation sites excluding steroid dienone is 6. The third kappa shape index (κ3) is 17.4. The van der Waals surface area contributed by atoms with Gasteiger partial charge in [0.1, 0.15) is 0 Å². The van der Waals surface area contributed by atoms with Gasteiger partial charge in [-0.25, -0.2) is 0 Å². The van der Waals surface area contributed by atoms with Gasteiger partial charge in [-0.3, -0.25) is 0 Å². The van der Waals surface area contributed by atoms with Gasteiger partial charge < -0.3 is 0 Å². The molecule has 0 heterocycles. The molecule has 23 heavy (non-hydrogen) atoms. The molecule has 0 aromatic rings. The van der Waals surface area contributed by atoms with Gasteiger partial charge in [-0.05, 0) is 66.2 Å². The molecule has 0 aliphatic carbocycles. The smallest absolute Gasteiger partial charge is 0.0288 e. The van der Waals surface area contributed by atoms with Crippen LogP contribution in [0.3, 0.4) is 0 Å². The molecule has 0 aliphatic rings. The SMILES string of the molecule is CCCCCCCCCC=C(C)CCC=C(C)CCC=C(C)C. The fourth-order valence-corrected chi connectivity index (χ4v) is 2.79. The van der Waals surface area contributed by atoms with E-state index in [-0.39, 0.29) is 0 Å². The van der Waals surface area contributed by atoms with Gasteiger partial charge in [-0.15, -0.1) is 0 Å². The zero-order valence-electron chi connectivity index (χ0n) is 16.7. The number of rotatable bonds is 14. The normalized spacial score (nSPS) is 12.6. The highest BCUT2D eigenvalue weighted by molar-refractivity contribution is 5.05. The molecular weight excluding hydrogens is 276 g/mol. The van der Waals surface area contributed by atoms with Crippen LogP contribution in [0.1, 0.15) is 112 Å². The van der Waals surface area contributed by atoms with Gasteiger partial charge in [-0.1, -0.05) is 80.4 Å². The van der Waals surface area contributed by atoms with Crippen LogP contribution in [0.25, 0.3) is 0 Å². The minimum absolute atomic E-state index is 1.19. The molecule has 0 saturated heterocycles. The van der Waals surface area contributed by atoms with Gasteiger partial charge in [0.15, 0.2) is 0 Å². The molecule has 0 N–H and O–H groups in total. The van der Waals surface area contributed by atoms with Crippen LogP contribution < -0.4 is 0 Å². The van der Waals surface area contributed by atoms with Crippen molar-refractivity contribution in [3.63, 3.8) is 0 Å². The topological polar surface area (TPSA) is 0 Å². The Kier molecular flexibility index (Phi) is 15.5. The van der Waals surface area contributed by atoms with Gasteiger partial charge in [-0.2, -0.15) is 0 Å². The Balaban J connectivity index is 3.64. The van der Waals surface area contributed by atoms with Crippen molar-refractivity contribution in [1.29, 1.82) is 0 Å². The lowest BCUT2D eigenvalue weighted by molar-refractivity contribution is 0.591. The highest BCUT2D eigenvalue weighted by Gasteiger charge is 1.93. The molecule has 134 valence electrons. The van der Waals surface area contributed by atoms with E-state index in [2.05, 4.69) is 52.8 Å². The summed E-state index contributed by atoms with van der Waals surface area (Å²) in [5.41, 5.74) is 4.55. The van der Waals surface area contributed by atoms with E-state index in [1.165, 1.54) is 82.6 Å². The molecule has 0 nitrogen and oxygen atoms in total. The highest BCUT2D eigenvalue weighted by atomic mass is 14.0. The van der Waals surface area contributed by atoms with Crippen LogP contribution in [-0.4, -0.2) is 0 Å². The molecular formula is C23H42. The van der Waals surface area contributed by atoms with Crippen molar-refractivity contribution in [2.45, 2.75) is 112 Å². The predicted molar refractivity (Wildman–Crippen MR) is 108 cm³/mol. The van der Waals surface area contributed by atoms with Crippen LogP contribution >= 0.6 is 0 Å². The molecule has 0 unspecified atom stereocenters. The van der Waals surface area contributed by atoms with Crippen LogP contribution in [0.2, 0.25) is 0 Å². The second kappa shape index (κ2) is 16.1. The molecule has 0 spiro atoms. The van der Waals surface area contributed by atoms with Crippen molar-refractivity contribution in [3.8, 4) is 0 Å². The van der Waals surface area contributed by atoms with E-state index in [0.29, 0.717) is 0 Å². The molecule has 0 fully saturated rings. The van der Waals surface area contributed by atoms with Crippen LogP contribution in [0.15, 0.2) is 34.9 Å². The van der Waals surface area contributed by atoms with Crippen molar-refractivity contribution < 1.29 is 0 Å². The van der Waals surface area contributed by atoms with Crippen molar-refractivity contribution in [1.82, 2.24) is 0 Å². The number of hydrogen-bond donors (Lipinski definition) is 0. The Bertz CT molecular complexity index is 350. The van der Waals surface area contributed by atoms with Gasteiger partial charge in [0.05, 0.1) is 0 Å². The van der Waals surface area contributed by atoms with E-state index in [9.17, 15) is 0 Å². The molecule has 0 saturated carbocycles. The van der Waals surface area contributed by atoms with Gasteiger partial charge in [0.2, 0.25) is 0 Å². The Labute approximate surface area is 147 Å². The average molecular weight is 319 g/mol. The van der Waals surface area contributed by atoms with Crippen LogP contribution in [0.5, 0.6) is 0 Å². The predicted octanol–water partition coefficient (Wildman–Crippen LogP) is 8.55. The third-order valence-corrected chi connectivity index (χ3v) is 4.42. The molecule has 0 radical (unpaired) electrons. The van der Waals surface area contributed by atoms with Crippen LogP contribution in [-0.2, 0) is 0 Å². The quantitative estimate of drug-likeness (QED) is 0.222. The minimum Gasteiger partial charge on any atom is -0.0856 e. The van der Waals surface area contributed by atoms with Gasteiger partial charge in [0.25, 0.3) is 0 Å². The fraction of sp³-hybridized carbons (Fsp3) is 0.739. The van der Waals surface area contributed by atoms with E-state index in [4.69, 9.17) is 0 Å². The number of unbranched alkanes of at least 4 members (excludes halogenated alkanes) is 7. The molecule has 0 aromatic heterocycles. The lowest BCUT2D eigenvalue weighted by atomic mass is 10.0. The Morgan fingerprint density at radius 2 is 1.04 bits per heavy atom. The summed E-state index contributed by atoms with van der Waals surface area (Å²) in [5, 5.41) is 0. The van der Waals surface area contributed by atoms with Crippen LogP contribution in [0, 0.1) is 0 Å². The summed E-state index contributed by atoms with van der Waals surface area (Å²) in [5.74, 6) is 0. The van der Waals surface area contributed by atoms with Gasteiger partial charge in [0, 0.05) is 0 Å². The molecule has 0 bridgehead atoms. The largest absolute Gasteiger partial charge is 0.0856 e. The van der Waals surface area contributed by atoms with E-state index < -0.39 is 0 Å². The van der Waals surface area contributed by atoms with Gasteiger partial charge >= 0.3 is 0 Å². The standard InChI is InChI=1S/C23H42/c1-6-7-8-9-10-11-12-13-17-22(4)19-15-20-23(5)18-14-16-21(2)3/h16-17,20H,6-15,18-19H2,1-5H3.